The maximum absolute atomic E-state index is 13.3. The summed E-state index contributed by atoms with van der Waals surface area (Å²) < 4.78 is 41.3. The molecule has 0 aromatic carbocycles. The van der Waals surface area contributed by atoms with Gasteiger partial charge in [-0.3, -0.25) is 4.79 Å². The summed E-state index contributed by atoms with van der Waals surface area (Å²) in [7, 11) is 0. The Bertz CT molecular complexity index is 1060. The number of nitrogens with one attached hydrogen (secondary N) is 1. The third kappa shape index (κ3) is 3.05. The fourth-order valence-corrected chi connectivity index (χ4v) is 3.34. The van der Waals surface area contributed by atoms with E-state index in [4.69, 9.17) is 11.6 Å². The fraction of sp³-hybridized carbons (Fsp3) is 0.250. The molecule has 7 nitrogen and oxygen atoms in total. The van der Waals surface area contributed by atoms with Crippen LogP contribution in [0.3, 0.4) is 0 Å². The van der Waals surface area contributed by atoms with E-state index in [-0.39, 0.29) is 10.7 Å². The lowest BCUT2D eigenvalue weighted by Gasteiger charge is -2.29. The van der Waals surface area contributed by atoms with Gasteiger partial charge in [-0.15, -0.1) is 0 Å². The zero-order valence-electron chi connectivity index (χ0n) is 13.7. The molecule has 0 unspecified atom stereocenters. The van der Waals surface area contributed by atoms with E-state index >= 15 is 0 Å². The predicted molar refractivity (Wildman–Crippen MR) is 91.0 cm³/mol. The zero-order chi connectivity index (χ0) is 19.2. The van der Waals surface area contributed by atoms with Crippen LogP contribution in [0.5, 0.6) is 0 Å². The normalized spacial score (nSPS) is 14.3. The number of anilines is 1. The highest BCUT2D eigenvalue weighted by molar-refractivity contribution is 6.32. The molecule has 0 fully saturated rings. The minimum atomic E-state index is -4.57. The first kappa shape index (κ1) is 17.5. The Labute approximate surface area is 155 Å². The number of fused-ring (bicyclic) bond motifs is 1. The van der Waals surface area contributed by atoms with E-state index in [2.05, 4.69) is 20.2 Å². The number of alkyl halides is 3. The molecule has 0 saturated heterocycles. The minimum absolute atomic E-state index is 0.0134. The maximum atomic E-state index is 13.3. The van der Waals surface area contributed by atoms with Gasteiger partial charge in [0.25, 0.3) is 5.56 Å². The molecule has 3 aromatic rings. The summed E-state index contributed by atoms with van der Waals surface area (Å²) in [6.07, 6.45) is -0.241. The summed E-state index contributed by atoms with van der Waals surface area (Å²) in [6.45, 7) is 0.750. The molecule has 1 aliphatic heterocycles. The number of hydrogen-bond donors (Lipinski definition) is 1. The first-order chi connectivity index (χ1) is 12.9. The van der Waals surface area contributed by atoms with Crippen LogP contribution in [0.25, 0.3) is 5.69 Å². The second-order valence-electron chi connectivity index (χ2n) is 5.95. The van der Waals surface area contributed by atoms with Crippen LogP contribution in [-0.2, 0) is 19.1 Å². The molecule has 0 bridgehead atoms. The van der Waals surface area contributed by atoms with Crippen LogP contribution in [-0.4, -0.2) is 31.3 Å². The summed E-state index contributed by atoms with van der Waals surface area (Å²) in [4.78, 5) is 21.2. The molecule has 11 heteroatoms. The SMILES string of the molecule is O=c1[nH]ncc(N2CCc3c(ncn3-c3cccnc3C(F)(F)F)C2)c1Cl. The van der Waals surface area contributed by atoms with Crippen molar-refractivity contribution in [2.45, 2.75) is 19.1 Å². The quantitative estimate of drug-likeness (QED) is 0.720. The molecule has 0 spiro atoms. The molecule has 0 saturated carbocycles. The van der Waals surface area contributed by atoms with Gasteiger partial charge in [0.1, 0.15) is 5.02 Å². The zero-order valence-corrected chi connectivity index (χ0v) is 14.4. The monoisotopic (exact) mass is 396 g/mol. The van der Waals surface area contributed by atoms with E-state index in [0.717, 1.165) is 6.20 Å². The second kappa shape index (κ2) is 6.38. The number of aromatic amines is 1. The number of rotatable bonds is 2. The maximum Gasteiger partial charge on any atom is 0.435 e. The van der Waals surface area contributed by atoms with E-state index in [9.17, 15) is 18.0 Å². The number of pyridine rings is 1. The van der Waals surface area contributed by atoms with Crippen molar-refractivity contribution in [3.63, 3.8) is 0 Å². The van der Waals surface area contributed by atoms with E-state index in [1.165, 1.54) is 29.2 Å². The lowest BCUT2D eigenvalue weighted by Crippen LogP contribution is -2.32. The van der Waals surface area contributed by atoms with Gasteiger partial charge in [-0.1, -0.05) is 11.6 Å². The van der Waals surface area contributed by atoms with Gasteiger partial charge in [0.2, 0.25) is 0 Å². The average Bonchev–Trinajstić information content (AvgIpc) is 3.06. The summed E-state index contributed by atoms with van der Waals surface area (Å²) in [6, 6.07) is 2.81. The van der Waals surface area contributed by atoms with Gasteiger partial charge in [-0.25, -0.2) is 15.1 Å². The third-order valence-corrected chi connectivity index (χ3v) is 4.71. The highest BCUT2D eigenvalue weighted by Crippen LogP contribution is 2.34. The second-order valence-corrected chi connectivity index (χ2v) is 6.32. The van der Waals surface area contributed by atoms with E-state index in [1.807, 2.05) is 4.90 Å². The van der Waals surface area contributed by atoms with Gasteiger partial charge < -0.3 is 9.47 Å². The number of nitrogens with zero attached hydrogens (tertiary/aromatic N) is 5. The van der Waals surface area contributed by atoms with E-state index in [0.29, 0.717) is 36.6 Å². The van der Waals surface area contributed by atoms with Crippen LogP contribution in [0.15, 0.2) is 35.6 Å². The van der Waals surface area contributed by atoms with Crippen molar-refractivity contribution in [2.75, 3.05) is 11.4 Å². The Kier molecular flexibility index (Phi) is 4.14. The molecule has 0 aliphatic carbocycles. The fourth-order valence-electron chi connectivity index (χ4n) is 3.13. The molecule has 27 heavy (non-hydrogen) atoms. The molecule has 1 N–H and O–H groups in total. The highest BCUT2D eigenvalue weighted by Gasteiger charge is 2.36. The minimum Gasteiger partial charge on any atom is -0.362 e. The van der Waals surface area contributed by atoms with Gasteiger partial charge in [0, 0.05) is 24.9 Å². The summed E-state index contributed by atoms with van der Waals surface area (Å²) in [5.74, 6) is 0. The molecule has 3 aromatic heterocycles. The van der Waals surface area contributed by atoms with Crippen LogP contribution in [0.2, 0.25) is 5.02 Å². The van der Waals surface area contributed by atoms with Gasteiger partial charge >= 0.3 is 6.18 Å². The van der Waals surface area contributed by atoms with Crippen LogP contribution in [0.4, 0.5) is 18.9 Å². The molecular weight excluding hydrogens is 385 g/mol. The van der Waals surface area contributed by atoms with E-state index in [1.54, 1.807) is 0 Å². The largest absolute Gasteiger partial charge is 0.435 e. The Morgan fingerprint density at radius 1 is 1.22 bits per heavy atom. The first-order valence-electron chi connectivity index (χ1n) is 7.92. The van der Waals surface area contributed by atoms with Crippen LogP contribution in [0, 0.1) is 0 Å². The van der Waals surface area contributed by atoms with Gasteiger partial charge in [-0.2, -0.15) is 18.3 Å². The molecule has 140 valence electrons. The first-order valence-corrected chi connectivity index (χ1v) is 8.30. The Hall–Kier alpha value is -2.88. The van der Waals surface area contributed by atoms with Gasteiger partial charge in [-0.05, 0) is 12.1 Å². The number of halogens is 4. The number of imidazole rings is 1. The van der Waals surface area contributed by atoms with Crippen molar-refractivity contribution >= 4 is 17.3 Å². The topological polar surface area (TPSA) is 79.7 Å². The van der Waals surface area contributed by atoms with Crippen molar-refractivity contribution in [3.05, 3.63) is 63.3 Å². The lowest BCUT2D eigenvalue weighted by molar-refractivity contribution is -0.141. The van der Waals surface area contributed by atoms with Crippen LogP contribution in [0.1, 0.15) is 17.1 Å². The Morgan fingerprint density at radius 2 is 2.04 bits per heavy atom. The van der Waals surface area contributed by atoms with Gasteiger partial charge in [0.05, 0.1) is 36.1 Å². The Morgan fingerprint density at radius 3 is 2.81 bits per heavy atom. The number of H-pyrrole nitrogens is 1. The molecule has 0 atom stereocenters. The van der Waals surface area contributed by atoms with Crippen molar-refractivity contribution < 1.29 is 13.2 Å². The summed E-state index contributed by atoms with van der Waals surface area (Å²) >= 11 is 6.04. The lowest BCUT2D eigenvalue weighted by atomic mass is 10.1. The molecule has 4 rings (SSSR count). The molecule has 1 aliphatic rings. The van der Waals surface area contributed by atoms with Gasteiger partial charge in [0.15, 0.2) is 5.69 Å². The van der Waals surface area contributed by atoms with Crippen molar-refractivity contribution in [1.29, 1.82) is 0 Å². The smallest absolute Gasteiger partial charge is 0.362 e. The van der Waals surface area contributed by atoms with E-state index < -0.39 is 17.4 Å². The van der Waals surface area contributed by atoms with Crippen molar-refractivity contribution in [3.8, 4) is 5.69 Å². The summed E-state index contributed by atoms with van der Waals surface area (Å²) in [5.41, 5.74) is 0.194. The predicted octanol–water partition coefficient (Wildman–Crippen LogP) is 2.59. The molecule has 0 radical (unpaired) electrons. The molecular formula is C16H12ClF3N6O. The number of hydrogen-bond acceptors (Lipinski definition) is 5. The molecule has 0 amide bonds. The van der Waals surface area contributed by atoms with Crippen LogP contribution < -0.4 is 10.5 Å². The molecule has 4 heterocycles. The van der Waals surface area contributed by atoms with Crippen molar-refractivity contribution in [1.82, 2.24) is 24.7 Å². The highest BCUT2D eigenvalue weighted by atomic mass is 35.5. The van der Waals surface area contributed by atoms with Crippen molar-refractivity contribution in [2.24, 2.45) is 0 Å². The number of aromatic nitrogens is 5. The standard InChI is InChI=1S/C16H12ClF3N6O/c17-13-12(6-23-24-15(13)27)25-5-3-10-9(7-25)22-8-26(10)11-2-1-4-21-14(11)16(18,19)20/h1-2,4,6,8H,3,5,7H2,(H,24,27). The van der Waals surface area contributed by atoms with Crippen LogP contribution >= 0.6 is 11.6 Å². The Balaban J connectivity index is 1.72. The summed E-state index contributed by atoms with van der Waals surface area (Å²) in [5, 5.41) is 6.01. The average molecular weight is 397 g/mol. The third-order valence-electron chi connectivity index (χ3n) is 4.34.